The molecule has 2 rings (SSSR count). The highest BCUT2D eigenvalue weighted by atomic mass is 127. The molecule has 1 saturated carbocycles. The second-order valence-electron chi connectivity index (χ2n) is 8.13. The third kappa shape index (κ3) is 3.34. The summed E-state index contributed by atoms with van der Waals surface area (Å²) in [6.45, 7) is 12.2. The maximum atomic E-state index is 11.7. The lowest BCUT2D eigenvalue weighted by Gasteiger charge is -2.40. The van der Waals surface area contributed by atoms with Crippen LogP contribution < -0.4 is 0 Å². The standard InChI is InChI=1S/C16H29IO3Si/c1-15(2,3)21(4,5)19-11-13-7-6-12(10-17)16(13)9-8-14(18)20-16/h12-13H,6-11H2,1-5H3/t12-,13+,16-/m1/s1. The molecule has 1 spiro atoms. The van der Waals surface area contributed by atoms with Crippen LogP contribution in [0.2, 0.25) is 18.1 Å². The zero-order chi connectivity index (χ0) is 15.9. The van der Waals surface area contributed by atoms with Crippen LogP contribution in [0.1, 0.15) is 46.5 Å². The summed E-state index contributed by atoms with van der Waals surface area (Å²) in [6.07, 6.45) is 3.78. The first-order chi connectivity index (χ1) is 9.62. The van der Waals surface area contributed by atoms with Gasteiger partial charge in [-0.15, -0.1) is 0 Å². The second kappa shape index (κ2) is 6.11. The summed E-state index contributed by atoms with van der Waals surface area (Å²) in [4.78, 5) is 11.7. The van der Waals surface area contributed by atoms with Crippen LogP contribution in [0.5, 0.6) is 0 Å². The molecular formula is C16H29IO3Si. The van der Waals surface area contributed by atoms with Crippen molar-refractivity contribution >= 4 is 36.9 Å². The van der Waals surface area contributed by atoms with E-state index in [1.54, 1.807) is 0 Å². The molecule has 0 aromatic carbocycles. The molecule has 2 fully saturated rings. The van der Waals surface area contributed by atoms with E-state index in [0.29, 0.717) is 18.3 Å². The van der Waals surface area contributed by atoms with Crippen LogP contribution in [-0.4, -0.2) is 30.9 Å². The van der Waals surface area contributed by atoms with Crippen molar-refractivity contribution in [1.29, 1.82) is 0 Å². The molecule has 1 aliphatic carbocycles. The number of ether oxygens (including phenoxy) is 1. The zero-order valence-corrected chi connectivity index (χ0v) is 17.2. The Labute approximate surface area is 143 Å². The number of carbonyl (C=O) groups excluding carboxylic acids is 1. The van der Waals surface area contributed by atoms with Gasteiger partial charge in [0.2, 0.25) is 0 Å². The molecule has 1 saturated heterocycles. The van der Waals surface area contributed by atoms with E-state index in [9.17, 15) is 4.79 Å². The average molecular weight is 424 g/mol. The van der Waals surface area contributed by atoms with Gasteiger partial charge in [0, 0.05) is 29.3 Å². The Morgan fingerprint density at radius 1 is 1.33 bits per heavy atom. The van der Waals surface area contributed by atoms with E-state index in [1.807, 2.05) is 0 Å². The number of alkyl halides is 1. The molecule has 1 heterocycles. The van der Waals surface area contributed by atoms with Gasteiger partial charge in [-0.25, -0.2) is 0 Å². The number of hydrogen-bond donors (Lipinski definition) is 0. The van der Waals surface area contributed by atoms with E-state index in [0.717, 1.165) is 23.9 Å². The van der Waals surface area contributed by atoms with E-state index in [1.165, 1.54) is 6.42 Å². The van der Waals surface area contributed by atoms with Crippen molar-refractivity contribution in [2.24, 2.45) is 11.8 Å². The van der Waals surface area contributed by atoms with Gasteiger partial charge in [0.15, 0.2) is 8.32 Å². The topological polar surface area (TPSA) is 35.5 Å². The van der Waals surface area contributed by atoms with Crippen molar-refractivity contribution in [2.75, 3.05) is 11.0 Å². The summed E-state index contributed by atoms with van der Waals surface area (Å²) in [7, 11) is -1.73. The summed E-state index contributed by atoms with van der Waals surface area (Å²) >= 11 is 2.44. The van der Waals surface area contributed by atoms with Gasteiger partial charge in [0.05, 0.1) is 0 Å². The number of halogens is 1. The number of rotatable bonds is 4. The normalized spacial score (nSPS) is 33.7. The largest absolute Gasteiger partial charge is 0.458 e. The van der Waals surface area contributed by atoms with Crippen molar-refractivity contribution in [2.45, 2.75) is 70.2 Å². The highest BCUT2D eigenvalue weighted by Crippen LogP contribution is 2.51. The highest BCUT2D eigenvalue weighted by molar-refractivity contribution is 14.1. The summed E-state index contributed by atoms with van der Waals surface area (Å²) in [5.74, 6) is 0.888. The molecule has 0 amide bonds. The maximum Gasteiger partial charge on any atom is 0.306 e. The second-order valence-corrected chi connectivity index (χ2v) is 13.8. The third-order valence-corrected chi connectivity index (χ3v) is 11.5. The molecule has 122 valence electrons. The Hall–Kier alpha value is 0.377. The molecule has 21 heavy (non-hydrogen) atoms. The molecular weight excluding hydrogens is 395 g/mol. The Morgan fingerprint density at radius 3 is 2.43 bits per heavy atom. The Kier molecular flexibility index (Phi) is 5.16. The van der Waals surface area contributed by atoms with Gasteiger partial charge < -0.3 is 9.16 Å². The molecule has 3 nitrogen and oxygen atoms in total. The molecule has 5 heteroatoms. The fourth-order valence-corrected chi connectivity index (χ4v) is 5.60. The smallest absolute Gasteiger partial charge is 0.306 e. The van der Waals surface area contributed by atoms with E-state index >= 15 is 0 Å². The van der Waals surface area contributed by atoms with E-state index in [-0.39, 0.29) is 16.6 Å². The van der Waals surface area contributed by atoms with Gasteiger partial charge in [-0.05, 0) is 37.4 Å². The van der Waals surface area contributed by atoms with Crippen molar-refractivity contribution in [3.05, 3.63) is 0 Å². The van der Waals surface area contributed by atoms with Crippen LogP contribution in [0.15, 0.2) is 0 Å². The molecule has 3 atom stereocenters. The van der Waals surface area contributed by atoms with E-state index in [4.69, 9.17) is 9.16 Å². The third-order valence-electron chi connectivity index (χ3n) is 5.91. The van der Waals surface area contributed by atoms with E-state index in [2.05, 4.69) is 56.5 Å². The molecule has 0 aromatic rings. The fraction of sp³-hybridized carbons (Fsp3) is 0.938. The Bertz CT molecular complexity index is 405. The Balaban J connectivity index is 2.08. The molecule has 0 unspecified atom stereocenters. The molecule has 0 radical (unpaired) electrons. The van der Waals surface area contributed by atoms with Gasteiger partial charge in [-0.3, -0.25) is 4.79 Å². The monoisotopic (exact) mass is 424 g/mol. The minimum atomic E-state index is -1.73. The summed E-state index contributed by atoms with van der Waals surface area (Å²) in [5.41, 5.74) is -0.222. The lowest BCUT2D eigenvalue weighted by molar-refractivity contribution is -0.155. The number of esters is 1. The minimum absolute atomic E-state index is 0.0101. The summed E-state index contributed by atoms with van der Waals surface area (Å²) < 4.78 is 13.4. The molecule has 0 bridgehead atoms. The minimum Gasteiger partial charge on any atom is -0.458 e. The van der Waals surface area contributed by atoms with Crippen molar-refractivity contribution in [1.82, 2.24) is 0 Å². The van der Waals surface area contributed by atoms with Crippen LogP contribution in [0.3, 0.4) is 0 Å². The predicted molar refractivity (Wildman–Crippen MR) is 96.3 cm³/mol. The van der Waals surface area contributed by atoms with Gasteiger partial charge in [-0.2, -0.15) is 0 Å². The van der Waals surface area contributed by atoms with Crippen LogP contribution in [0, 0.1) is 11.8 Å². The van der Waals surface area contributed by atoms with Crippen LogP contribution in [-0.2, 0) is 14.0 Å². The van der Waals surface area contributed by atoms with Crippen molar-refractivity contribution in [3.8, 4) is 0 Å². The van der Waals surface area contributed by atoms with Crippen molar-refractivity contribution < 1.29 is 14.0 Å². The van der Waals surface area contributed by atoms with Crippen LogP contribution >= 0.6 is 22.6 Å². The van der Waals surface area contributed by atoms with E-state index < -0.39 is 8.32 Å². The number of carbonyl (C=O) groups is 1. The lowest BCUT2D eigenvalue weighted by Crippen LogP contribution is -2.46. The number of hydrogen-bond acceptors (Lipinski definition) is 3. The molecule has 0 aromatic heterocycles. The van der Waals surface area contributed by atoms with Gasteiger partial charge in [0.1, 0.15) is 5.60 Å². The first kappa shape index (κ1) is 17.7. The zero-order valence-electron chi connectivity index (χ0n) is 14.0. The van der Waals surface area contributed by atoms with Gasteiger partial charge in [0.25, 0.3) is 0 Å². The maximum absolute atomic E-state index is 11.7. The SMILES string of the molecule is CC(C)(C)[Si](C)(C)OC[C@@H]1CC[C@H](CI)[C@]12CCC(=O)O2. The fourth-order valence-electron chi connectivity index (χ4n) is 3.37. The molecule has 1 aliphatic heterocycles. The first-order valence-electron chi connectivity index (χ1n) is 8.04. The quantitative estimate of drug-likeness (QED) is 0.288. The lowest BCUT2D eigenvalue weighted by atomic mass is 9.83. The van der Waals surface area contributed by atoms with Crippen LogP contribution in [0.4, 0.5) is 0 Å². The van der Waals surface area contributed by atoms with Crippen LogP contribution in [0.25, 0.3) is 0 Å². The predicted octanol–water partition coefficient (Wildman–Crippen LogP) is 4.55. The summed E-state index contributed by atoms with van der Waals surface area (Å²) in [6, 6.07) is 0. The molecule has 2 aliphatic rings. The average Bonchev–Trinajstić information content (AvgIpc) is 2.90. The van der Waals surface area contributed by atoms with Gasteiger partial charge in [-0.1, -0.05) is 43.4 Å². The molecule has 0 N–H and O–H groups in total. The van der Waals surface area contributed by atoms with Crippen molar-refractivity contribution in [3.63, 3.8) is 0 Å². The first-order valence-corrected chi connectivity index (χ1v) is 12.5. The van der Waals surface area contributed by atoms with Gasteiger partial charge >= 0.3 is 5.97 Å². The highest BCUT2D eigenvalue weighted by Gasteiger charge is 2.56. The Morgan fingerprint density at radius 2 is 1.95 bits per heavy atom. The summed E-state index contributed by atoms with van der Waals surface area (Å²) in [5, 5.41) is 0.230.